The summed E-state index contributed by atoms with van der Waals surface area (Å²) in [5.41, 5.74) is 1.06. The standard InChI is InChI=1S/C9H12BrNS/c1-6(2)12-9-5-4-8(10)7(3)11-9/h4-6H,1-3H3. The maximum absolute atomic E-state index is 4.43. The van der Waals surface area contributed by atoms with E-state index in [1.54, 1.807) is 11.8 Å². The van der Waals surface area contributed by atoms with Gasteiger partial charge in [-0.1, -0.05) is 13.8 Å². The van der Waals surface area contributed by atoms with Crippen molar-refractivity contribution in [3.63, 3.8) is 0 Å². The number of thioether (sulfide) groups is 1. The van der Waals surface area contributed by atoms with Crippen LogP contribution >= 0.6 is 27.7 Å². The highest BCUT2D eigenvalue weighted by Gasteiger charge is 2.01. The largest absolute Gasteiger partial charge is 0.246 e. The fourth-order valence-corrected chi connectivity index (χ4v) is 1.87. The monoisotopic (exact) mass is 245 g/mol. The van der Waals surface area contributed by atoms with Crippen LogP contribution in [0.25, 0.3) is 0 Å². The van der Waals surface area contributed by atoms with Crippen molar-refractivity contribution in [2.45, 2.75) is 31.0 Å². The lowest BCUT2D eigenvalue weighted by molar-refractivity contribution is 1.03. The average molecular weight is 246 g/mol. The Kier molecular flexibility index (Phi) is 3.59. The van der Waals surface area contributed by atoms with E-state index in [1.165, 1.54) is 0 Å². The zero-order chi connectivity index (χ0) is 9.14. The van der Waals surface area contributed by atoms with Crippen LogP contribution in [0.15, 0.2) is 21.6 Å². The smallest absolute Gasteiger partial charge is 0.0966 e. The molecule has 1 nitrogen and oxygen atoms in total. The average Bonchev–Trinajstić information content (AvgIpc) is 1.96. The molecule has 0 atom stereocenters. The van der Waals surface area contributed by atoms with E-state index in [2.05, 4.69) is 34.8 Å². The third-order valence-corrected chi connectivity index (χ3v) is 3.13. The van der Waals surface area contributed by atoms with E-state index in [0.717, 1.165) is 15.2 Å². The normalized spacial score (nSPS) is 10.8. The Morgan fingerprint density at radius 3 is 2.58 bits per heavy atom. The minimum absolute atomic E-state index is 0.595. The molecular weight excluding hydrogens is 234 g/mol. The second-order valence-electron chi connectivity index (χ2n) is 2.88. The van der Waals surface area contributed by atoms with Crippen molar-refractivity contribution in [1.29, 1.82) is 0 Å². The lowest BCUT2D eigenvalue weighted by Crippen LogP contribution is -1.90. The first-order chi connectivity index (χ1) is 5.59. The summed E-state index contributed by atoms with van der Waals surface area (Å²) >= 11 is 5.21. The number of nitrogens with zero attached hydrogens (tertiary/aromatic N) is 1. The Labute approximate surface area is 86.1 Å². The van der Waals surface area contributed by atoms with Gasteiger partial charge in [0.1, 0.15) is 0 Å². The number of aryl methyl sites for hydroxylation is 1. The van der Waals surface area contributed by atoms with E-state index in [0.29, 0.717) is 5.25 Å². The van der Waals surface area contributed by atoms with E-state index < -0.39 is 0 Å². The molecule has 0 unspecified atom stereocenters. The van der Waals surface area contributed by atoms with Gasteiger partial charge in [0.25, 0.3) is 0 Å². The second kappa shape index (κ2) is 4.28. The molecule has 0 radical (unpaired) electrons. The fraction of sp³-hybridized carbons (Fsp3) is 0.444. The van der Waals surface area contributed by atoms with Crippen LogP contribution in [-0.4, -0.2) is 10.2 Å². The van der Waals surface area contributed by atoms with Crippen molar-refractivity contribution in [2.24, 2.45) is 0 Å². The molecule has 0 spiro atoms. The molecule has 3 heteroatoms. The van der Waals surface area contributed by atoms with Crippen molar-refractivity contribution < 1.29 is 0 Å². The first-order valence-electron chi connectivity index (χ1n) is 3.89. The van der Waals surface area contributed by atoms with Crippen LogP contribution < -0.4 is 0 Å². The Morgan fingerprint density at radius 2 is 2.08 bits per heavy atom. The van der Waals surface area contributed by atoms with Crippen molar-refractivity contribution in [3.8, 4) is 0 Å². The van der Waals surface area contributed by atoms with Crippen LogP contribution in [0.5, 0.6) is 0 Å². The van der Waals surface area contributed by atoms with Gasteiger partial charge in [-0.05, 0) is 35.0 Å². The van der Waals surface area contributed by atoms with E-state index in [9.17, 15) is 0 Å². The van der Waals surface area contributed by atoms with Gasteiger partial charge >= 0.3 is 0 Å². The maximum atomic E-state index is 4.43. The summed E-state index contributed by atoms with van der Waals surface area (Å²) in [6.45, 7) is 6.35. The van der Waals surface area contributed by atoms with E-state index in [1.807, 2.05) is 19.1 Å². The van der Waals surface area contributed by atoms with E-state index >= 15 is 0 Å². The van der Waals surface area contributed by atoms with Crippen LogP contribution in [-0.2, 0) is 0 Å². The number of pyridine rings is 1. The van der Waals surface area contributed by atoms with Gasteiger partial charge in [-0.2, -0.15) is 0 Å². The topological polar surface area (TPSA) is 12.9 Å². The number of rotatable bonds is 2. The predicted molar refractivity (Wildman–Crippen MR) is 57.7 cm³/mol. The first kappa shape index (κ1) is 10.1. The molecule has 1 heterocycles. The van der Waals surface area contributed by atoms with Crippen molar-refractivity contribution in [1.82, 2.24) is 4.98 Å². The van der Waals surface area contributed by atoms with Gasteiger partial charge in [0.15, 0.2) is 0 Å². The van der Waals surface area contributed by atoms with Crippen LogP contribution in [0.4, 0.5) is 0 Å². The molecule has 0 bridgehead atoms. The molecule has 0 aromatic carbocycles. The third kappa shape index (κ3) is 2.79. The summed E-state index contributed by atoms with van der Waals surface area (Å²) in [5.74, 6) is 0. The highest BCUT2D eigenvalue weighted by Crippen LogP contribution is 2.23. The van der Waals surface area contributed by atoms with Gasteiger partial charge in [-0.3, -0.25) is 0 Å². The maximum Gasteiger partial charge on any atom is 0.0966 e. The van der Waals surface area contributed by atoms with Gasteiger partial charge in [-0.15, -0.1) is 11.8 Å². The number of hydrogen-bond acceptors (Lipinski definition) is 2. The summed E-state index contributed by atoms with van der Waals surface area (Å²) in [4.78, 5) is 4.43. The number of aromatic nitrogens is 1. The first-order valence-corrected chi connectivity index (χ1v) is 5.56. The molecule has 0 amide bonds. The Balaban J connectivity index is 2.82. The molecule has 1 aromatic rings. The van der Waals surface area contributed by atoms with Gasteiger partial charge in [-0.25, -0.2) is 4.98 Å². The summed E-state index contributed by atoms with van der Waals surface area (Å²) in [6, 6.07) is 4.09. The zero-order valence-electron chi connectivity index (χ0n) is 7.47. The molecule has 0 aliphatic rings. The molecule has 0 saturated heterocycles. The van der Waals surface area contributed by atoms with Crippen molar-refractivity contribution in [2.75, 3.05) is 0 Å². The third-order valence-electron chi connectivity index (χ3n) is 1.35. The fourth-order valence-electron chi connectivity index (χ4n) is 0.828. The lowest BCUT2D eigenvalue weighted by Gasteiger charge is -2.05. The van der Waals surface area contributed by atoms with Crippen LogP contribution in [0.1, 0.15) is 19.5 Å². The predicted octanol–water partition coefficient (Wildman–Crippen LogP) is 3.65. The van der Waals surface area contributed by atoms with Crippen LogP contribution in [0.2, 0.25) is 0 Å². The molecule has 0 aliphatic carbocycles. The van der Waals surface area contributed by atoms with E-state index in [4.69, 9.17) is 0 Å². The SMILES string of the molecule is Cc1nc(SC(C)C)ccc1Br. The minimum Gasteiger partial charge on any atom is -0.246 e. The Bertz CT molecular complexity index is 273. The molecule has 1 rings (SSSR count). The summed E-state index contributed by atoms with van der Waals surface area (Å²) in [5, 5.41) is 1.70. The minimum atomic E-state index is 0.595. The van der Waals surface area contributed by atoms with E-state index in [-0.39, 0.29) is 0 Å². The quantitative estimate of drug-likeness (QED) is 0.739. The summed E-state index contributed by atoms with van der Waals surface area (Å²) < 4.78 is 1.08. The molecule has 0 fully saturated rings. The highest BCUT2D eigenvalue weighted by atomic mass is 79.9. The molecule has 0 saturated carbocycles. The molecule has 0 N–H and O–H groups in total. The van der Waals surface area contributed by atoms with Gasteiger partial charge in [0.2, 0.25) is 0 Å². The molecular formula is C9H12BrNS. The second-order valence-corrected chi connectivity index (χ2v) is 5.33. The molecule has 12 heavy (non-hydrogen) atoms. The molecule has 66 valence electrons. The van der Waals surface area contributed by atoms with Crippen LogP contribution in [0.3, 0.4) is 0 Å². The van der Waals surface area contributed by atoms with Crippen LogP contribution in [0, 0.1) is 6.92 Å². The summed E-state index contributed by atoms with van der Waals surface area (Å²) in [6.07, 6.45) is 0. The van der Waals surface area contributed by atoms with Gasteiger partial charge in [0.05, 0.1) is 10.7 Å². The Morgan fingerprint density at radius 1 is 1.42 bits per heavy atom. The number of halogens is 1. The Hall–Kier alpha value is -0.0200. The number of hydrogen-bond donors (Lipinski definition) is 0. The van der Waals surface area contributed by atoms with Gasteiger partial charge < -0.3 is 0 Å². The molecule has 0 aliphatic heterocycles. The zero-order valence-corrected chi connectivity index (χ0v) is 9.87. The highest BCUT2D eigenvalue weighted by molar-refractivity contribution is 9.10. The van der Waals surface area contributed by atoms with Gasteiger partial charge in [0, 0.05) is 9.72 Å². The summed E-state index contributed by atoms with van der Waals surface area (Å²) in [7, 11) is 0. The van der Waals surface area contributed by atoms with Crippen molar-refractivity contribution in [3.05, 3.63) is 22.3 Å². The van der Waals surface area contributed by atoms with Crippen molar-refractivity contribution >= 4 is 27.7 Å². The lowest BCUT2D eigenvalue weighted by atomic mass is 10.4. The molecule has 1 aromatic heterocycles.